The van der Waals surface area contributed by atoms with Crippen LogP contribution in [0.4, 0.5) is 0 Å². The van der Waals surface area contributed by atoms with Crippen molar-refractivity contribution in [2.75, 3.05) is 0 Å². The van der Waals surface area contributed by atoms with Crippen LogP contribution in [-0.4, -0.2) is 16.1 Å². The minimum absolute atomic E-state index is 0.365. The van der Waals surface area contributed by atoms with Crippen molar-refractivity contribution in [2.24, 2.45) is 7.05 Å². The Labute approximate surface area is 66.0 Å². The SMILES string of the molecule is CC(C)c1cn(C)nc1C=O. The first-order chi connectivity index (χ1) is 5.15. The molecule has 0 N–H and O–H groups in total. The lowest BCUT2D eigenvalue weighted by Gasteiger charge is -1.98. The quantitative estimate of drug-likeness (QED) is 0.600. The molecule has 1 heterocycles. The molecule has 0 bridgehead atoms. The average molecular weight is 152 g/mol. The number of aryl methyl sites for hydroxylation is 1. The number of carbonyl (C=O) groups is 1. The highest BCUT2D eigenvalue weighted by Gasteiger charge is 2.08. The van der Waals surface area contributed by atoms with Crippen molar-refractivity contribution in [3.05, 3.63) is 17.5 Å². The van der Waals surface area contributed by atoms with Crippen LogP contribution in [0.3, 0.4) is 0 Å². The summed E-state index contributed by atoms with van der Waals surface area (Å²) in [6.07, 6.45) is 2.68. The Balaban J connectivity index is 3.11. The zero-order chi connectivity index (χ0) is 8.43. The smallest absolute Gasteiger partial charge is 0.170 e. The van der Waals surface area contributed by atoms with Crippen molar-refractivity contribution in [1.29, 1.82) is 0 Å². The third-order valence-corrected chi connectivity index (χ3v) is 1.62. The van der Waals surface area contributed by atoms with E-state index in [0.717, 1.165) is 11.8 Å². The predicted molar refractivity (Wildman–Crippen MR) is 42.7 cm³/mol. The fourth-order valence-corrected chi connectivity index (χ4v) is 1.06. The lowest BCUT2D eigenvalue weighted by Crippen LogP contribution is -1.91. The molecule has 0 radical (unpaired) electrons. The third-order valence-electron chi connectivity index (χ3n) is 1.62. The zero-order valence-corrected chi connectivity index (χ0v) is 7.03. The highest BCUT2D eigenvalue weighted by atomic mass is 16.1. The number of hydrogen-bond donors (Lipinski definition) is 0. The van der Waals surface area contributed by atoms with Crippen LogP contribution in [0.1, 0.15) is 35.8 Å². The predicted octanol–water partition coefficient (Wildman–Crippen LogP) is 1.36. The molecule has 0 amide bonds. The summed E-state index contributed by atoms with van der Waals surface area (Å²) < 4.78 is 1.67. The van der Waals surface area contributed by atoms with Crippen molar-refractivity contribution in [3.63, 3.8) is 0 Å². The van der Waals surface area contributed by atoms with Gasteiger partial charge >= 0.3 is 0 Å². The summed E-state index contributed by atoms with van der Waals surface area (Å²) in [5.74, 6) is 0.365. The van der Waals surface area contributed by atoms with Gasteiger partial charge in [-0.05, 0) is 5.92 Å². The van der Waals surface area contributed by atoms with E-state index in [0.29, 0.717) is 11.6 Å². The second kappa shape index (κ2) is 2.86. The van der Waals surface area contributed by atoms with Crippen molar-refractivity contribution in [1.82, 2.24) is 9.78 Å². The molecule has 0 aliphatic carbocycles. The Hall–Kier alpha value is -1.12. The maximum Gasteiger partial charge on any atom is 0.170 e. The second-order valence-corrected chi connectivity index (χ2v) is 2.92. The summed E-state index contributed by atoms with van der Waals surface area (Å²) in [6.45, 7) is 4.09. The second-order valence-electron chi connectivity index (χ2n) is 2.92. The van der Waals surface area contributed by atoms with Gasteiger partial charge in [0.1, 0.15) is 5.69 Å². The van der Waals surface area contributed by atoms with Crippen LogP contribution in [0.5, 0.6) is 0 Å². The summed E-state index contributed by atoms with van der Waals surface area (Å²) in [5, 5.41) is 4.00. The van der Waals surface area contributed by atoms with E-state index in [4.69, 9.17) is 0 Å². The number of aromatic nitrogens is 2. The lowest BCUT2D eigenvalue weighted by atomic mass is 10.1. The molecule has 0 aliphatic rings. The summed E-state index contributed by atoms with van der Waals surface area (Å²) in [5.41, 5.74) is 1.57. The largest absolute Gasteiger partial charge is 0.296 e. The molecule has 0 spiro atoms. The first-order valence-electron chi connectivity index (χ1n) is 3.64. The van der Waals surface area contributed by atoms with Gasteiger partial charge in [-0.25, -0.2) is 0 Å². The Kier molecular flexibility index (Phi) is 2.08. The van der Waals surface area contributed by atoms with E-state index in [1.807, 2.05) is 27.1 Å². The van der Waals surface area contributed by atoms with E-state index < -0.39 is 0 Å². The summed E-state index contributed by atoms with van der Waals surface area (Å²) in [7, 11) is 1.82. The fraction of sp³-hybridized carbons (Fsp3) is 0.500. The van der Waals surface area contributed by atoms with Crippen molar-refractivity contribution >= 4 is 6.29 Å². The molecule has 0 fully saturated rings. The maximum absolute atomic E-state index is 10.5. The molecule has 0 saturated heterocycles. The zero-order valence-electron chi connectivity index (χ0n) is 7.03. The standard InChI is InChI=1S/C8H12N2O/c1-6(2)7-4-10(3)9-8(7)5-11/h4-6H,1-3H3. The van der Waals surface area contributed by atoms with Gasteiger partial charge in [-0.3, -0.25) is 9.48 Å². The van der Waals surface area contributed by atoms with Crippen molar-refractivity contribution in [3.8, 4) is 0 Å². The number of carbonyl (C=O) groups excluding carboxylic acids is 1. The van der Waals surface area contributed by atoms with E-state index in [2.05, 4.69) is 5.10 Å². The average Bonchev–Trinajstić information content (AvgIpc) is 2.30. The van der Waals surface area contributed by atoms with Gasteiger partial charge < -0.3 is 0 Å². The summed E-state index contributed by atoms with van der Waals surface area (Å²) >= 11 is 0. The topological polar surface area (TPSA) is 34.9 Å². The molecule has 0 saturated carbocycles. The number of nitrogens with zero attached hydrogens (tertiary/aromatic N) is 2. The molecule has 1 aromatic rings. The molecule has 3 nitrogen and oxygen atoms in total. The maximum atomic E-state index is 10.5. The lowest BCUT2D eigenvalue weighted by molar-refractivity contribution is 0.111. The summed E-state index contributed by atoms with van der Waals surface area (Å²) in [6, 6.07) is 0. The third kappa shape index (κ3) is 1.48. The molecule has 0 unspecified atom stereocenters. The van der Waals surface area contributed by atoms with Gasteiger partial charge in [0.15, 0.2) is 6.29 Å². The number of hydrogen-bond acceptors (Lipinski definition) is 2. The van der Waals surface area contributed by atoms with E-state index >= 15 is 0 Å². The van der Waals surface area contributed by atoms with Crippen molar-refractivity contribution < 1.29 is 4.79 Å². The normalized spacial score (nSPS) is 10.5. The molecule has 0 atom stereocenters. The van der Waals surface area contributed by atoms with E-state index in [9.17, 15) is 4.79 Å². The molecule has 3 heteroatoms. The first-order valence-corrected chi connectivity index (χ1v) is 3.64. The minimum Gasteiger partial charge on any atom is -0.296 e. The fourth-order valence-electron chi connectivity index (χ4n) is 1.06. The molecule has 1 aromatic heterocycles. The number of aldehydes is 1. The van der Waals surface area contributed by atoms with Crippen LogP contribution < -0.4 is 0 Å². The van der Waals surface area contributed by atoms with Gasteiger partial charge in [0, 0.05) is 18.8 Å². The van der Waals surface area contributed by atoms with Gasteiger partial charge in [-0.2, -0.15) is 5.10 Å². The van der Waals surface area contributed by atoms with Crippen LogP contribution in [0.2, 0.25) is 0 Å². The van der Waals surface area contributed by atoms with Gasteiger partial charge in [0.25, 0.3) is 0 Å². The molecular weight excluding hydrogens is 140 g/mol. The van der Waals surface area contributed by atoms with Gasteiger partial charge in [0.2, 0.25) is 0 Å². The highest BCUT2D eigenvalue weighted by Crippen LogP contribution is 2.15. The molecule has 1 rings (SSSR count). The Bertz CT molecular complexity index is 263. The van der Waals surface area contributed by atoms with Crippen LogP contribution in [0.15, 0.2) is 6.20 Å². The Morgan fingerprint density at radius 1 is 1.64 bits per heavy atom. The first kappa shape index (κ1) is 7.98. The van der Waals surface area contributed by atoms with E-state index in [1.54, 1.807) is 4.68 Å². The van der Waals surface area contributed by atoms with Crippen LogP contribution in [-0.2, 0) is 7.05 Å². The van der Waals surface area contributed by atoms with E-state index in [1.165, 1.54) is 0 Å². The van der Waals surface area contributed by atoms with Gasteiger partial charge in [0.05, 0.1) is 0 Å². The molecule has 0 aliphatic heterocycles. The minimum atomic E-state index is 0.365. The van der Waals surface area contributed by atoms with Crippen LogP contribution in [0, 0.1) is 0 Å². The summed E-state index contributed by atoms with van der Waals surface area (Å²) in [4.78, 5) is 10.5. The molecule has 60 valence electrons. The Morgan fingerprint density at radius 3 is 2.64 bits per heavy atom. The van der Waals surface area contributed by atoms with Gasteiger partial charge in [-0.1, -0.05) is 13.8 Å². The van der Waals surface area contributed by atoms with Crippen molar-refractivity contribution in [2.45, 2.75) is 19.8 Å². The number of rotatable bonds is 2. The molecular formula is C8H12N2O. The van der Waals surface area contributed by atoms with Gasteiger partial charge in [-0.15, -0.1) is 0 Å². The van der Waals surface area contributed by atoms with Crippen LogP contribution in [0.25, 0.3) is 0 Å². The van der Waals surface area contributed by atoms with E-state index in [-0.39, 0.29) is 0 Å². The Morgan fingerprint density at radius 2 is 2.27 bits per heavy atom. The highest BCUT2D eigenvalue weighted by molar-refractivity contribution is 5.74. The molecule has 11 heavy (non-hydrogen) atoms. The monoisotopic (exact) mass is 152 g/mol. The van der Waals surface area contributed by atoms with Crippen LogP contribution >= 0.6 is 0 Å². The molecule has 0 aromatic carbocycles.